The number of carbonyl (C=O) groups excluding carboxylic acids is 2. The van der Waals surface area contributed by atoms with Crippen molar-refractivity contribution in [1.82, 2.24) is 19.5 Å². The van der Waals surface area contributed by atoms with Crippen molar-refractivity contribution in [1.29, 1.82) is 0 Å². The average molecular weight is 664 g/mol. The summed E-state index contributed by atoms with van der Waals surface area (Å²) in [5, 5.41) is 2.97. The lowest BCUT2D eigenvalue weighted by Crippen LogP contribution is -2.46. The van der Waals surface area contributed by atoms with E-state index in [2.05, 4.69) is 28.2 Å². The van der Waals surface area contributed by atoms with Gasteiger partial charge in [0.2, 0.25) is 10.0 Å². The van der Waals surface area contributed by atoms with Gasteiger partial charge in [-0.05, 0) is 93.1 Å². The Morgan fingerprint density at radius 2 is 1.64 bits per heavy atom. The summed E-state index contributed by atoms with van der Waals surface area (Å²) in [5.74, 6) is -0.337. The number of sulfonamides is 1. The molecule has 3 aromatic rings. The number of hydrogen-bond donors (Lipinski definition) is 2. The van der Waals surface area contributed by atoms with Gasteiger partial charge < -0.3 is 24.8 Å². The maximum absolute atomic E-state index is 13.8. The van der Waals surface area contributed by atoms with Gasteiger partial charge in [-0.25, -0.2) is 12.7 Å². The number of amides is 2. The van der Waals surface area contributed by atoms with Crippen LogP contribution in [0.15, 0.2) is 47.3 Å². The van der Waals surface area contributed by atoms with Gasteiger partial charge in [0.15, 0.2) is 0 Å². The molecule has 2 aliphatic rings. The van der Waals surface area contributed by atoms with Crippen LogP contribution in [-0.4, -0.2) is 92.7 Å². The van der Waals surface area contributed by atoms with Crippen molar-refractivity contribution in [3.63, 3.8) is 0 Å². The van der Waals surface area contributed by atoms with Crippen molar-refractivity contribution in [2.75, 3.05) is 57.1 Å². The zero-order valence-electron chi connectivity index (χ0n) is 27.9. The first-order valence-corrected chi connectivity index (χ1v) is 18.0. The molecule has 0 bridgehead atoms. The van der Waals surface area contributed by atoms with Crippen molar-refractivity contribution >= 4 is 27.5 Å². The third-order valence-electron chi connectivity index (χ3n) is 9.29. The standard InChI is InChI=1S/C35H45N5O6S/c1-6-40(29-11-13-39(14-12-29)47(5,44)45)32-21-28(26-7-9-27(10-8-26)35(43)38-15-17-46-18-16-38)20-30(25(32)4)33(41)36-22-31-23(2)19-24(3)37-34(31)42/h7-10,19-21,29H,6,11-18,22H2,1-5H3,(H,36,41)(H,37,42). The molecule has 0 aliphatic carbocycles. The van der Waals surface area contributed by atoms with Crippen molar-refractivity contribution in [3.8, 4) is 11.1 Å². The van der Waals surface area contributed by atoms with E-state index in [4.69, 9.17) is 4.74 Å². The fraction of sp³-hybridized carbons (Fsp3) is 0.457. The summed E-state index contributed by atoms with van der Waals surface area (Å²) in [7, 11) is -3.27. The molecule has 47 heavy (non-hydrogen) atoms. The Hall–Kier alpha value is -4.00. The van der Waals surface area contributed by atoms with E-state index in [1.165, 1.54) is 10.6 Å². The van der Waals surface area contributed by atoms with E-state index in [0.29, 0.717) is 75.5 Å². The van der Waals surface area contributed by atoms with Crippen LogP contribution in [-0.2, 0) is 21.3 Å². The zero-order chi connectivity index (χ0) is 33.9. The lowest BCUT2D eigenvalue weighted by atomic mass is 9.94. The number of ether oxygens (including phenoxy) is 1. The predicted molar refractivity (Wildman–Crippen MR) is 184 cm³/mol. The van der Waals surface area contributed by atoms with Gasteiger partial charge in [-0.15, -0.1) is 0 Å². The molecule has 0 saturated carbocycles. The van der Waals surface area contributed by atoms with Gasteiger partial charge in [0.25, 0.3) is 17.4 Å². The van der Waals surface area contributed by atoms with Crippen LogP contribution >= 0.6 is 0 Å². The summed E-state index contributed by atoms with van der Waals surface area (Å²) >= 11 is 0. The number of benzene rings is 2. The number of morpholine rings is 1. The quantitative estimate of drug-likeness (QED) is 0.358. The molecule has 12 heteroatoms. The number of anilines is 1. The Balaban J connectivity index is 1.49. The van der Waals surface area contributed by atoms with Crippen LogP contribution in [0, 0.1) is 20.8 Å². The molecule has 252 valence electrons. The molecule has 0 unspecified atom stereocenters. The summed E-state index contributed by atoms with van der Waals surface area (Å²) in [5.41, 5.74) is 6.29. The van der Waals surface area contributed by atoms with Crippen LogP contribution in [0.2, 0.25) is 0 Å². The van der Waals surface area contributed by atoms with E-state index in [-0.39, 0.29) is 30.0 Å². The molecule has 2 aliphatic heterocycles. The monoisotopic (exact) mass is 663 g/mol. The van der Waals surface area contributed by atoms with E-state index < -0.39 is 10.0 Å². The lowest BCUT2D eigenvalue weighted by molar-refractivity contribution is 0.0303. The Bertz CT molecular complexity index is 1790. The summed E-state index contributed by atoms with van der Waals surface area (Å²) in [6, 6.07) is 13.3. The van der Waals surface area contributed by atoms with Gasteiger partial charge in [-0.2, -0.15) is 0 Å². The fourth-order valence-corrected chi connectivity index (χ4v) is 7.50. The molecule has 2 fully saturated rings. The number of aryl methyl sites for hydroxylation is 2. The highest BCUT2D eigenvalue weighted by Crippen LogP contribution is 2.34. The molecule has 5 rings (SSSR count). The van der Waals surface area contributed by atoms with Gasteiger partial charge in [-0.3, -0.25) is 14.4 Å². The van der Waals surface area contributed by atoms with Gasteiger partial charge in [0.05, 0.1) is 19.5 Å². The molecular formula is C35H45N5O6S. The predicted octanol–water partition coefficient (Wildman–Crippen LogP) is 3.62. The minimum atomic E-state index is -3.27. The molecule has 11 nitrogen and oxygen atoms in total. The van der Waals surface area contributed by atoms with Gasteiger partial charge in [0.1, 0.15) is 0 Å². The Morgan fingerprint density at radius 3 is 2.23 bits per heavy atom. The molecule has 2 aromatic carbocycles. The molecule has 2 amide bonds. The second-order valence-electron chi connectivity index (χ2n) is 12.5. The number of pyridine rings is 1. The van der Waals surface area contributed by atoms with Crippen molar-refractivity contribution < 1.29 is 22.7 Å². The summed E-state index contributed by atoms with van der Waals surface area (Å²) in [4.78, 5) is 46.4. The highest BCUT2D eigenvalue weighted by molar-refractivity contribution is 7.88. The number of hydrogen-bond acceptors (Lipinski definition) is 7. The molecule has 1 aromatic heterocycles. The number of aromatic amines is 1. The van der Waals surface area contributed by atoms with Crippen molar-refractivity contribution in [2.45, 2.75) is 53.1 Å². The minimum absolute atomic E-state index is 0.0384. The van der Waals surface area contributed by atoms with Crippen molar-refractivity contribution in [3.05, 3.63) is 86.3 Å². The summed E-state index contributed by atoms with van der Waals surface area (Å²) in [6.07, 6.45) is 2.58. The van der Waals surface area contributed by atoms with Crippen LogP contribution in [0.25, 0.3) is 11.1 Å². The van der Waals surface area contributed by atoms with E-state index >= 15 is 0 Å². The first-order valence-electron chi connectivity index (χ1n) is 16.2. The maximum atomic E-state index is 13.8. The Kier molecular flexibility index (Phi) is 10.5. The van der Waals surface area contributed by atoms with Crippen LogP contribution in [0.4, 0.5) is 5.69 Å². The second-order valence-corrected chi connectivity index (χ2v) is 14.4. The van der Waals surface area contributed by atoms with E-state index in [1.807, 2.05) is 57.2 Å². The summed E-state index contributed by atoms with van der Waals surface area (Å²) in [6.45, 7) is 11.5. The zero-order valence-corrected chi connectivity index (χ0v) is 28.7. The first-order chi connectivity index (χ1) is 22.4. The summed E-state index contributed by atoms with van der Waals surface area (Å²) < 4.78 is 31.3. The number of carbonyl (C=O) groups is 2. The SMILES string of the molecule is CCN(c1cc(-c2ccc(C(=O)N3CCOCC3)cc2)cc(C(=O)NCc2c(C)cc(C)[nH]c2=O)c1C)C1CCN(S(C)(=O)=O)CC1. The largest absolute Gasteiger partial charge is 0.378 e. The molecule has 0 atom stereocenters. The number of nitrogens with zero attached hydrogens (tertiary/aromatic N) is 3. The molecule has 3 heterocycles. The number of nitrogens with one attached hydrogen (secondary N) is 2. The molecule has 2 saturated heterocycles. The first kappa shape index (κ1) is 34.3. The third kappa shape index (κ3) is 7.77. The smallest absolute Gasteiger partial charge is 0.254 e. The van der Waals surface area contributed by atoms with Gasteiger partial charge >= 0.3 is 0 Å². The van der Waals surface area contributed by atoms with Crippen LogP contribution in [0.3, 0.4) is 0 Å². The number of piperidine rings is 1. The third-order valence-corrected chi connectivity index (χ3v) is 10.6. The fourth-order valence-electron chi connectivity index (χ4n) is 6.63. The second kappa shape index (κ2) is 14.4. The molecule has 0 radical (unpaired) electrons. The molecule has 2 N–H and O–H groups in total. The molecular weight excluding hydrogens is 618 g/mol. The van der Waals surface area contributed by atoms with E-state index in [1.54, 1.807) is 4.90 Å². The Morgan fingerprint density at radius 1 is 0.979 bits per heavy atom. The highest BCUT2D eigenvalue weighted by atomic mass is 32.2. The number of rotatable bonds is 9. The Labute approximate surface area is 277 Å². The minimum Gasteiger partial charge on any atom is -0.378 e. The average Bonchev–Trinajstić information content (AvgIpc) is 3.05. The number of H-pyrrole nitrogens is 1. The van der Waals surface area contributed by atoms with Crippen molar-refractivity contribution in [2.24, 2.45) is 0 Å². The molecule has 0 spiro atoms. The van der Waals surface area contributed by atoms with Gasteiger partial charge in [0, 0.05) is 73.4 Å². The highest BCUT2D eigenvalue weighted by Gasteiger charge is 2.30. The lowest BCUT2D eigenvalue weighted by Gasteiger charge is -2.39. The van der Waals surface area contributed by atoms with E-state index in [0.717, 1.165) is 33.6 Å². The van der Waals surface area contributed by atoms with E-state index in [9.17, 15) is 22.8 Å². The van der Waals surface area contributed by atoms with Crippen LogP contribution in [0.5, 0.6) is 0 Å². The van der Waals surface area contributed by atoms with Crippen LogP contribution < -0.4 is 15.8 Å². The maximum Gasteiger partial charge on any atom is 0.254 e. The van der Waals surface area contributed by atoms with Crippen LogP contribution in [0.1, 0.15) is 62.9 Å². The van der Waals surface area contributed by atoms with Gasteiger partial charge in [-0.1, -0.05) is 12.1 Å². The normalized spacial score (nSPS) is 16.2. The number of aromatic nitrogens is 1. The topological polar surface area (TPSA) is 132 Å².